The highest BCUT2D eigenvalue weighted by Crippen LogP contribution is 2.19. The van der Waals surface area contributed by atoms with Gasteiger partial charge in [0.15, 0.2) is 0 Å². The fraction of sp³-hybridized carbons (Fsp3) is 0.333. The highest BCUT2D eigenvalue weighted by atomic mass is 127. The van der Waals surface area contributed by atoms with E-state index in [1.54, 1.807) is 0 Å². The molecule has 0 bridgehead atoms. The average molecular weight is 409 g/mol. The molecule has 0 radical (unpaired) electrons. The molecule has 3 nitrogen and oxygen atoms in total. The van der Waals surface area contributed by atoms with Crippen molar-refractivity contribution < 1.29 is 9.47 Å². The van der Waals surface area contributed by atoms with Crippen LogP contribution in [0.25, 0.3) is 0 Å². The summed E-state index contributed by atoms with van der Waals surface area (Å²) in [7, 11) is 0. The van der Waals surface area contributed by atoms with E-state index >= 15 is 0 Å². The Labute approximate surface area is 145 Å². The van der Waals surface area contributed by atoms with E-state index in [2.05, 4.69) is 52.2 Å². The minimum Gasteiger partial charge on any atom is -0.492 e. The van der Waals surface area contributed by atoms with Gasteiger partial charge in [0.25, 0.3) is 0 Å². The zero-order chi connectivity index (χ0) is 15.2. The SMILES string of the molecule is Ic1ccc(COc2ccc(OCC3CCCN3)cc2)cc1. The van der Waals surface area contributed by atoms with Gasteiger partial charge >= 0.3 is 0 Å². The van der Waals surface area contributed by atoms with Crippen LogP contribution in [0.5, 0.6) is 11.5 Å². The van der Waals surface area contributed by atoms with Crippen LogP contribution < -0.4 is 14.8 Å². The number of benzene rings is 2. The third-order valence-corrected chi connectivity index (χ3v) is 4.48. The fourth-order valence-electron chi connectivity index (χ4n) is 2.48. The summed E-state index contributed by atoms with van der Waals surface area (Å²) < 4.78 is 12.8. The lowest BCUT2D eigenvalue weighted by atomic mass is 10.2. The predicted octanol–water partition coefficient (Wildman–Crippen LogP) is 4.00. The molecule has 0 amide bonds. The Morgan fingerprint density at radius 1 is 0.955 bits per heavy atom. The van der Waals surface area contributed by atoms with Gasteiger partial charge in [-0.05, 0) is 83.9 Å². The third-order valence-electron chi connectivity index (χ3n) is 3.76. The second-order valence-corrected chi connectivity index (χ2v) is 6.74. The van der Waals surface area contributed by atoms with Crippen molar-refractivity contribution in [2.75, 3.05) is 13.2 Å². The number of hydrogen-bond donors (Lipinski definition) is 1. The van der Waals surface area contributed by atoms with Crippen LogP contribution in [-0.4, -0.2) is 19.2 Å². The molecule has 2 aromatic carbocycles. The molecule has 1 heterocycles. The molecular weight excluding hydrogens is 389 g/mol. The maximum Gasteiger partial charge on any atom is 0.120 e. The predicted molar refractivity (Wildman–Crippen MR) is 96.5 cm³/mol. The lowest BCUT2D eigenvalue weighted by Gasteiger charge is -2.12. The van der Waals surface area contributed by atoms with Crippen LogP contribution in [0, 0.1) is 3.57 Å². The third kappa shape index (κ3) is 4.61. The minimum absolute atomic E-state index is 0.497. The summed E-state index contributed by atoms with van der Waals surface area (Å²) in [5, 5.41) is 3.43. The van der Waals surface area contributed by atoms with Crippen LogP contribution in [0.1, 0.15) is 18.4 Å². The smallest absolute Gasteiger partial charge is 0.120 e. The Hall–Kier alpha value is -1.27. The van der Waals surface area contributed by atoms with Crippen molar-refractivity contribution in [3.63, 3.8) is 0 Å². The maximum atomic E-state index is 5.80. The van der Waals surface area contributed by atoms with E-state index in [1.807, 2.05) is 24.3 Å². The molecule has 1 atom stereocenters. The molecule has 1 aliphatic heterocycles. The number of nitrogens with one attached hydrogen (secondary N) is 1. The summed E-state index contributed by atoms with van der Waals surface area (Å²) in [5.41, 5.74) is 1.17. The van der Waals surface area contributed by atoms with Gasteiger partial charge in [0.2, 0.25) is 0 Å². The second-order valence-electron chi connectivity index (χ2n) is 5.49. The van der Waals surface area contributed by atoms with E-state index in [-0.39, 0.29) is 0 Å². The van der Waals surface area contributed by atoms with Gasteiger partial charge in [0.05, 0.1) is 0 Å². The molecule has 0 aromatic heterocycles. The molecule has 1 unspecified atom stereocenters. The monoisotopic (exact) mass is 409 g/mol. The first-order valence-electron chi connectivity index (χ1n) is 7.63. The van der Waals surface area contributed by atoms with E-state index in [0.717, 1.165) is 24.7 Å². The average Bonchev–Trinajstić information content (AvgIpc) is 3.07. The van der Waals surface area contributed by atoms with Gasteiger partial charge in [-0.25, -0.2) is 0 Å². The summed E-state index contributed by atoms with van der Waals surface area (Å²) in [5.74, 6) is 1.76. The number of halogens is 1. The van der Waals surface area contributed by atoms with E-state index < -0.39 is 0 Å². The Morgan fingerprint density at radius 3 is 2.27 bits per heavy atom. The Morgan fingerprint density at radius 2 is 1.64 bits per heavy atom. The van der Waals surface area contributed by atoms with Crippen molar-refractivity contribution >= 4 is 22.6 Å². The molecule has 1 N–H and O–H groups in total. The first-order chi connectivity index (χ1) is 10.8. The van der Waals surface area contributed by atoms with Crippen LogP contribution in [0.15, 0.2) is 48.5 Å². The lowest BCUT2D eigenvalue weighted by Crippen LogP contribution is -2.28. The standard InChI is InChI=1S/C18H20INO2/c19-15-5-3-14(4-6-15)12-21-17-7-9-18(10-8-17)22-13-16-2-1-11-20-16/h3-10,16,20H,1-2,11-13H2. The van der Waals surface area contributed by atoms with Gasteiger partial charge in [-0.3, -0.25) is 0 Å². The number of ether oxygens (including phenoxy) is 2. The van der Waals surface area contributed by atoms with Crippen molar-refractivity contribution in [3.8, 4) is 11.5 Å². The molecule has 116 valence electrons. The van der Waals surface area contributed by atoms with Crippen molar-refractivity contribution in [1.82, 2.24) is 5.32 Å². The van der Waals surface area contributed by atoms with Gasteiger partial charge in [-0.2, -0.15) is 0 Å². The number of rotatable bonds is 6. The molecule has 1 aliphatic rings. The lowest BCUT2D eigenvalue weighted by molar-refractivity contribution is 0.275. The zero-order valence-electron chi connectivity index (χ0n) is 12.4. The molecule has 1 saturated heterocycles. The summed E-state index contributed by atoms with van der Waals surface area (Å²) in [6.07, 6.45) is 2.45. The topological polar surface area (TPSA) is 30.5 Å². The van der Waals surface area contributed by atoms with Crippen molar-refractivity contribution in [2.24, 2.45) is 0 Å². The van der Waals surface area contributed by atoms with Crippen LogP contribution in [0.3, 0.4) is 0 Å². The van der Waals surface area contributed by atoms with E-state index in [4.69, 9.17) is 9.47 Å². The van der Waals surface area contributed by atoms with E-state index in [1.165, 1.54) is 22.0 Å². The molecule has 0 saturated carbocycles. The molecular formula is C18H20INO2. The molecule has 0 spiro atoms. The fourth-order valence-corrected chi connectivity index (χ4v) is 2.83. The Balaban J connectivity index is 1.47. The first-order valence-corrected chi connectivity index (χ1v) is 8.71. The van der Waals surface area contributed by atoms with E-state index in [9.17, 15) is 0 Å². The van der Waals surface area contributed by atoms with Crippen LogP contribution >= 0.6 is 22.6 Å². The van der Waals surface area contributed by atoms with Gasteiger partial charge in [-0.1, -0.05) is 12.1 Å². The van der Waals surface area contributed by atoms with Gasteiger partial charge in [0.1, 0.15) is 24.7 Å². The van der Waals surface area contributed by atoms with Crippen LogP contribution in [0.4, 0.5) is 0 Å². The summed E-state index contributed by atoms with van der Waals surface area (Å²) >= 11 is 2.30. The van der Waals surface area contributed by atoms with Gasteiger partial charge in [-0.15, -0.1) is 0 Å². The van der Waals surface area contributed by atoms with Crippen LogP contribution in [0.2, 0.25) is 0 Å². The maximum absolute atomic E-state index is 5.80. The molecule has 2 aromatic rings. The van der Waals surface area contributed by atoms with Crippen molar-refractivity contribution in [3.05, 3.63) is 57.7 Å². The summed E-state index contributed by atoms with van der Waals surface area (Å²) in [6.45, 7) is 2.44. The second kappa shape index (κ2) is 7.83. The summed E-state index contributed by atoms with van der Waals surface area (Å²) in [4.78, 5) is 0. The van der Waals surface area contributed by atoms with Gasteiger partial charge < -0.3 is 14.8 Å². The largest absolute Gasteiger partial charge is 0.492 e. The Bertz CT molecular complexity index is 577. The van der Waals surface area contributed by atoms with Crippen LogP contribution in [-0.2, 0) is 6.61 Å². The first kappa shape index (κ1) is 15.6. The van der Waals surface area contributed by atoms with Crippen molar-refractivity contribution in [2.45, 2.75) is 25.5 Å². The normalized spacial score (nSPS) is 17.4. The molecule has 1 fully saturated rings. The molecule has 22 heavy (non-hydrogen) atoms. The van der Waals surface area contributed by atoms with Gasteiger partial charge in [0, 0.05) is 9.61 Å². The zero-order valence-corrected chi connectivity index (χ0v) is 14.6. The molecule has 4 heteroatoms. The Kier molecular flexibility index (Phi) is 5.56. The highest BCUT2D eigenvalue weighted by molar-refractivity contribution is 14.1. The van der Waals surface area contributed by atoms with E-state index in [0.29, 0.717) is 12.6 Å². The van der Waals surface area contributed by atoms with Crippen molar-refractivity contribution in [1.29, 1.82) is 0 Å². The molecule has 0 aliphatic carbocycles. The number of hydrogen-bond acceptors (Lipinski definition) is 3. The highest BCUT2D eigenvalue weighted by Gasteiger charge is 2.14. The minimum atomic E-state index is 0.497. The quantitative estimate of drug-likeness (QED) is 0.732. The molecule has 3 rings (SSSR count). The summed E-state index contributed by atoms with van der Waals surface area (Å²) in [6, 6.07) is 16.7.